The van der Waals surface area contributed by atoms with Crippen LogP contribution in [0.15, 0.2) is 12.3 Å². The zero-order chi connectivity index (χ0) is 12.3. The highest BCUT2D eigenvalue weighted by atomic mass is 35.5. The molecule has 0 radical (unpaired) electrons. The van der Waals surface area contributed by atoms with Crippen molar-refractivity contribution < 1.29 is 4.74 Å². The van der Waals surface area contributed by atoms with E-state index in [0.717, 1.165) is 18.5 Å². The SMILES string of the molecule is CNN1CCCC[C@@H]1c1cnc(Cl)c(OC)c1. The Labute approximate surface area is 107 Å². The van der Waals surface area contributed by atoms with E-state index in [1.807, 2.05) is 19.3 Å². The Morgan fingerprint density at radius 1 is 1.53 bits per heavy atom. The highest BCUT2D eigenvalue weighted by Crippen LogP contribution is 2.32. The predicted molar refractivity (Wildman–Crippen MR) is 68.2 cm³/mol. The molecule has 17 heavy (non-hydrogen) atoms. The molecule has 1 fully saturated rings. The van der Waals surface area contributed by atoms with Crippen LogP contribution in [0.4, 0.5) is 0 Å². The molecule has 0 bridgehead atoms. The molecule has 5 heteroatoms. The Kier molecular flexibility index (Phi) is 4.20. The minimum atomic E-state index is 0.354. The number of hydrogen-bond acceptors (Lipinski definition) is 4. The zero-order valence-electron chi connectivity index (χ0n) is 10.2. The van der Waals surface area contributed by atoms with Gasteiger partial charge in [0.1, 0.15) is 0 Å². The number of pyridine rings is 1. The van der Waals surface area contributed by atoms with Crippen LogP contribution in [0.2, 0.25) is 5.15 Å². The van der Waals surface area contributed by atoms with Crippen LogP contribution in [0.1, 0.15) is 30.9 Å². The topological polar surface area (TPSA) is 37.4 Å². The highest BCUT2D eigenvalue weighted by molar-refractivity contribution is 6.30. The Bertz CT molecular complexity index is 386. The molecule has 1 atom stereocenters. The molecule has 0 spiro atoms. The van der Waals surface area contributed by atoms with E-state index in [-0.39, 0.29) is 0 Å². The Hall–Kier alpha value is -0.840. The molecule has 94 valence electrons. The van der Waals surface area contributed by atoms with Gasteiger partial charge >= 0.3 is 0 Å². The average molecular weight is 256 g/mol. The molecule has 1 saturated heterocycles. The second kappa shape index (κ2) is 5.67. The van der Waals surface area contributed by atoms with E-state index >= 15 is 0 Å². The molecule has 2 heterocycles. The lowest BCUT2D eigenvalue weighted by Gasteiger charge is -2.35. The van der Waals surface area contributed by atoms with Gasteiger partial charge in [-0.3, -0.25) is 5.43 Å². The van der Waals surface area contributed by atoms with Gasteiger partial charge in [0, 0.05) is 12.7 Å². The summed E-state index contributed by atoms with van der Waals surface area (Å²) in [4.78, 5) is 4.18. The third kappa shape index (κ3) is 2.70. The Balaban J connectivity index is 2.25. The molecule has 0 aromatic carbocycles. The van der Waals surface area contributed by atoms with Gasteiger partial charge in [-0.25, -0.2) is 9.99 Å². The number of nitrogens with one attached hydrogen (secondary N) is 1. The van der Waals surface area contributed by atoms with Crippen molar-refractivity contribution in [3.63, 3.8) is 0 Å². The maximum atomic E-state index is 5.94. The molecular weight excluding hydrogens is 238 g/mol. The van der Waals surface area contributed by atoms with Crippen molar-refractivity contribution in [3.8, 4) is 5.75 Å². The Morgan fingerprint density at radius 3 is 3.06 bits per heavy atom. The van der Waals surface area contributed by atoms with Crippen LogP contribution in [0.3, 0.4) is 0 Å². The van der Waals surface area contributed by atoms with Crippen molar-refractivity contribution in [2.45, 2.75) is 25.3 Å². The van der Waals surface area contributed by atoms with E-state index in [2.05, 4.69) is 15.4 Å². The average Bonchev–Trinajstić information content (AvgIpc) is 2.39. The number of nitrogens with zero attached hydrogens (tertiary/aromatic N) is 2. The normalized spacial score (nSPS) is 21.5. The van der Waals surface area contributed by atoms with Crippen LogP contribution >= 0.6 is 11.6 Å². The molecule has 1 aliphatic rings. The molecule has 0 amide bonds. The smallest absolute Gasteiger partial charge is 0.171 e. The largest absolute Gasteiger partial charge is 0.494 e. The van der Waals surface area contributed by atoms with Gasteiger partial charge in [-0.15, -0.1) is 0 Å². The first kappa shape index (κ1) is 12.6. The maximum absolute atomic E-state index is 5.94. The van der Waals surface area contributed by atoms with E-state index in [1.165, 1.54) is 12.8 Å². The van der Waals surface area contributed by atoms with E-state index in [4.69, 9.17) is 16.3 Å². The summed E-state index contributed by atoms with van der Waals surface area (Å²) in [6, 6.07) is 2.34. The summed E-state index contributed by atoms with van der Waals surface area (Å²) in [7, 11) is 3.57. The molecule has 1 aliphatic heterocycles. The summed E-state index contributed by atoms with van der Waals surface area (Å²) in [5, 5.41) is 2.66. The van der Waals surface area contributed by atoms with Crippen molar-refractivity contribution in [1.82, 2.24) is 15.4 Å². The molecule has 0 aliphatic carbocycles. The molecule has 1 aromatic heterocycles. The fourth-order valence-electron chi connectivity index (χ4n) is 2.31. The van der Waals surface area contributed by atoms with Gasteiger partial charge in [-0.1, -0.05) is 18.0 Å². The third-order valence-corrected chi connectivity index (χ3v) is 3.51. The molecule has 1 aromatic rings. The number of hydrazine groups is 1. The number of hydrogen-bond donors (Lipinski definition) is 1. The molecule has 2 rings (SSSR count). The summed E-state index contributed by atoms with van der Waals surface area (Å²) in [6.45, 7) is 1.06. The zero-order valence-corrected chi connectivity index (χ0v) is 11.0. The van der Waals surface area contributed by atoms with Crippen LogP contribution in [0.5, 0.6) is 5.75 Å². The van der Waals surface area contributed by atoms with Gasteiger partial charge in [-0.05, 0) is 31.5 Å². The third-order valence-electron chi connectivity index (χ3n) is 3.22. The number of aromatic nitrogens is 1. The van der Waals surface area contributed by atoms with E-state index < -0.39 is 0 Å². The van der Waals surface area contributed by atoms with E-state index in [1.54, 1.807) is 7.11 Å². The van der Waals surface area contributed by atoms with E-state index in [0.29, 0.717) is 16.9 Å². The van der Waals surface area contributed by atoms with Crippen molar-refractivity contribution in [1.29, 1.82) is 0 Å². The van der Waals surface area contributed by atoms with Gasteiger partial charge in [0.2, 0.25) is 0 Å². The lowest BCUT2D eigenvalue weighted by molar-refractivity contribution is 0.0980. The van der Waals surface area contributed by atoms with Crippen LogP contribution < -0.4 is 10.2 Å². The van der Waals surface area contributed by atoms with Crippen LogP contribution in [0, 0.1) is 0 Å². The summed E-state index contributed by atoms with van der Waals surface area (Å²) in [5.41, 5.74) is 4.39. The standard InChI is InChI=1S/C12H18ClN3O/c1-14-16-6-4-3-5-10(16)9-7-11(17-2)12(13)15-8-9/h7-8,10,14H,3-6H2,1-2H3/t10-/m1/s1. The summed E-state index contributed by atoms with van der Waals surface area (Å²) in [6.07, 6.45) is 5.45. The lowest BCUT2D eigenvalue weighted by atomic mass is 9.98. The van der Waals surface area contributed by atoms with Gasteiger partial charge in [0.15, 0.2) is 10.9 Å². The number of methoxy groups -OCH3 is 1. The van der Waals surface area contributed by atoms with E-state index in [9.17, 15) is 0 Å². The van der Waals surface area contributed by atoms with Gasteiger partial charge in [0.25, 0.3) is 0 Å². The first-order chi connectivity index (χ1) is 8.26. The monoisotopic (exact) mass is 255 g/mol. The molecule has 0 saturated carbocycles. The first-order valence-electron chi connectivity index (χ1n) is 5.89. The van der Waals surface area contributed by atoms with Crippen LogP contribution in [0.25, 0.3) is 0 Å². The molecular formula is C12H18ClN3O. The van der Waals surface area contributed by atoms with Crippen LogP contribution in [-0.4, -0.2) is 30.7 Å². The van der Waals surface area contributed by atoms with Gasteiger partial charge in [0.05, 0.1) is 13.2 Å². The van der Waals surface area contributed by atoms with Crippen molar-refractivity contribution in [2.75, 3.05) is 20.7 Å². The van der Waals surface area contributed by atoms with Crippen molar-refractivity contribution in [2.24, 2.45) is 0 Å². The lowest BCUT2D eigenvalue weighted by Crippen LogP contribution is -2.41. The second-order valence-electron chi connectivity index (χ2n) is 4.19. The molecule has 1 N–H and O–H groups in total. The minimum absolute atomic E-state index is 0.354. The summed E-state index contributed by atoms with van der Waals surface area (Å²) in [5.74, 6) is 0.644. The minimum Gasteiger partial charge on any atom is -0.494 e. The molecule has 4 nitrogen and oxygen atoms in total. The van der Waals surface area contributed by atoms with Crippen LogP contribution in [-0.2, 0) is 0 Å². The predicted octanol–water partition coefficient (Wildman–Crippen LogP) is 2.41. The van der Waals surface area contributed by atoms with Crippen molar-refractivity contribution in [3.05, 3.63) is 23.0 Å². The quantitative estimate of drug-likeness (QED) is 0.842. The number of halogens is 1. The fourth-order valence-corrected chi connectivity index (χ4v) is 2.49. The second-order valence-corrected chi connectivity index (χ2v) is 4.55. The fraction of sp³-hybridized carbons (Fsp3) is 0.583. The number of rotatable bonds is 3. The molecule has 0 unspecified atom stereocenters. The highest BCUT2D eigenvalue weighted by Gasteiger charge is 2.23. The Morgan fingerprint density at radius 2 is 2.35 bits per heavy atom. The number of piperidine rings is 1. The van der Waals surface area contributed by atoms with Gasteiger partial charge in [-0.2, -0.15) is 0 Å². The maximum Gasteiger partial charge on any atom is 0.171 e. The number of ether oxygens (including phenoxy) is 1. The summed E-state index contributed by atoms with van der Waals surface area (Å²) >= 11 is 5.94. The summed E-state index contributed by atoms with van der Waals surface area (Å²) < 4.78 is 5.21. The van der Waals surface area contributed by atoms with Gasteiger partial charge < -0.3 is 4.74 Å². The first-order valence-corrected chi connectivity index (χ1v) is 6.27. The van der Waals surface area contributed by atoms with Crippen molar-refractivity contribution >= 4 is 11.6 Å².